The third-order valence-electron chi connectivity index (χ3n) is 5.65. The SMILES string of the molecule is CCCC/C=C\CCCCCCC(O)C(=O)NC(CS(=O)(=O)O)C(O)/C=C/CC/C=C/CCCC. The van der Waals surface area contributed by atoms with E-state index in [0.29, 0.717) is 12.8 Å². The summed E-state index contributed by atoms with van der Waals surface area (Å²) in [7, 11) is -4.43. The molecule has 0 aliphatic heterocycles. The summed E-state index contributed by atoms with van der Waals surface area (Å²) in [6, 6.07) is -1.25. The highest BCUT2D eigenvalue weighted by Crippen LogP contribution is 2.10. The van der Waals surface area contributed by atoms with E-state index < -0.39 is 40.0 Å². The molecule has 0 bridgehead atoms. The third kappa shape index (κ3) is 21.5. The van der Waals surface area contributed by atoms with E-state index in [4.69, 9.17) is 0 Å². The number of hydrogen-bond donors (Lipinski definition) is 4. The minimum atomic E-state index is -4.43. The van der Waals surface area contributed by atoms with E-state index in [1.54, 1.807) is 6.08 Å². The van der Waals surface area contributed by atoms with Crippen LogP contribution in [0.2, 0.25) is 0 Å². The lowest BCUT2D eigenvalue weighted by Crippen LogP contribution is -2.50. The summed E-state index contributed by atoms with van der Waals surface area (Å²) in [6.07, 6.45) is 22.3. The van der Waals surface area contributed by atoms with Crippen LogP contribution in [-0.2, 0) is 14.9 Å². The van der Waals surface area contributed by atoms with Gasteiger partial charge in [0, 0.05) is 0 Å². The Hall–Kier alpha value is -1.48. The Morgan fingerprint density at radius 1 is 0.771 bits per heavy atom. The number of unbranched alkanes of at least 4 members (excludes halogenated alkanes) is 9. The molecule has 0 saturated carbocycles. The molecule has 0 aromatic rings. The predicted molar refractivity (Wildman–Crippen MR) is 144 cm³/mol. The van der Waals surface area contributed by atoms with Crippen molar-refractivity contribution in [3.05, 3.63) is 36.5 Å². The molecule has 0 aliphatic carbocycles. The van der Waals surface area contributed by atoms with Gasteiger partial charge in [-0.25, -0.2) is 0 Å². The molecule has 0 spiro atoms. The number of rotatable bonds is 22. The first kappa shape index (κ1) is 33.5. The maximum absolute atomic E-state index is 12.3. The van der Waals surface area contributed by atoms with Gasteiger partial charge in [-0.05, 0) is 44.9 Å². The van der Waals surface area contributed by atoms with Crippen LogP contribution in [0.25, 0.3) is 0 Å². The molecule has 7 nitrogen and oxygen atoms in total. The van der Waals surface area contributed by atoms with Gasteiger partial charge in [0.1, 0.15) is 6.10 Å². The number of hydrogen-bond acceptors (Lipinski definition) is 5. The van der Waals surface area contributed by atoms with Crippen molar-refractivity contribution in [1.29, 1.82) is 0 Å². The first-order chi connectivity index (χ1) is 16.7. The molecule has 204 valence electrons. The van der Waals surface area contributed by atoms with Gasteiger partial charge in [0.25, 0.3) is 10.1 Å². The number of carbonyl (C=O) groups excluding carboxylic acids is 1. The molecule has 0 aliphatic rings. The van der Waals surface area contributed by atoms with Crippen LogP contribution in [0.4, 0.5) is 0 Å². The molecule has 0 saturated heterocycles. The van der Waals surface area contributed by atoms with Gasteiger partial charge in [-0.15, -0.1) is 0 Å². The number of aliphatic hydroxyl groups excluding tert-OH is 2. The fourth-order valence-electron chi connectivity index (χ4n) is 3.49. The Morgan fingerprint density at radius 2 is 1.29 bits per heavy atom. The Labute approximate surface area is 213 Å². The van der Waals surface area contributed by atoms with Gasteiger partial charge >= 0.3 is 0 Å². The van der Waals surface area contributed by atoms with E-state index in [-0.39, 0.29) is 6.42 Å². The fourth-order valence-corrected chi connectivity index (χ4v) is 4.23. The Bertz CT molecular complexity index is 717. The van der Waals surface area contributed by atoms with Crippen molar-refractivity contribution in [2.24, 2.45) is 0 Å². The molecule has 3 atom stereocenters. The molecule has 0 radical (unpaired) electrons. The van der Waals surface area contributed by atoms with E-state index in [9.17, 15) is 28.0 Å². The van der Waals surface area contributed by atoms with Crippen LogP contribution in [0.1, 0.15) is 104 Å². The summed E-state index contributed by atoms with van der Waals surface area (Å²) in [6.45, 7) is 4.31. The molecule has 3 unspecified atom stereocenters. The van der Waals surface area contributed by atoms with Crippen LogP contribution in [0.5, 0.6) is 0 Å². The lowest BCUT2D eigenvalue weighted by Gasteiger charge is -2.22. The van der Waals surface area contributed by atoms with Crippen LogP contribution in [0.3, 0.4) is 0 Å². The van der Waals surface area contributed by atoms with Gasteiger partial charge in [0.15, 0.2) is 0 Å². The smallest absolute Gasteiger partial charge is 0.267 e. The molecule has 0 aromatic carbocycles. The molecule has 35 heavy (non-hydrogen) atoms. The highest BCUT2D eigenvalue weighted by Gasteiger charge is 2.27. The minimum absolute atomic E-state index is 0.257. The molecule has 0 aromatic heterocycles. The van der Waals surface area contributed by atoms with Crippen molar-refractivity contribution in [3.8, 4) is 0 Å². The van der Waals surface area contributed by atoms with Crippen molar-refractivity contribution >= 4 is 16.0 Å². The topological polar surface area (TPSA) is 124 Å². The number of aliphatic hydroxyl groups is 2. The zero-order chi connectivity index (χ0) is 26.4. The zero-order valence-corrected chi connectivity index (χ0v) is 22.6. The third-order valence-corrected chi connectivity index (χ3v) is 6.43. The van der Waals surface area contributed by atoms with Crippen LogP contribution >= 0.6 is 0 Å². The summed E-state index contributed by atoms with van der Waals surface area (Å²) in [5.41, 5.74) is 0. The first-order valence-electron chi connectivity index (χ1n) is 13.3. The highest BCUT2D eigenvalue weighted by molar-refractivity contribution is 7.85. The van der Waals surface area contributed by atoms with Gasteiger partial charge in [-0.1, -0.05) is 95.2 Å². The van der Waals surface area contributed by atoms with E-state index in [0.717, 1.165) is 57.8 Å². The second-order valence-electron chi connectivity index (χ2n) is 9.09. The normalized spacial score (nSPS) is 15.2. The fraction of sp³-hybridized carbons (Fsp3) is 0.741. The number of allylic oxidation sites excluding steroid dienone is 5. The van der Waals surface area contributed by atoms with E-state index in [1.807, 2.05) is 0 Å². The van der Waals surface area contributed by atoms with Crippen molar-refractivity contribution in [2.45, 2.75) is 122 Å². The van der Waals surface area contributed by atoms with Crippen molar-refractivity contribution < 1.29 is 28.0 Å². The average Bonchev–Trinajstić information content (AvgIpc) is 2.80. The van der Waals surface area contributed by atoms with Crippen molar-refractivity contribution in [1.82, 2.24) is 5.32 Å². The van der Waals surface area contributed by atoms with E-state index >= 15 is 0 Å². The monoisotopic (exact) mass is 515 g/mol. The van der Waals surface area contributed by atoms with Crippen LogP contribution in [0, 0.1) is 0 Å². The molecule has 8 heteroatoms. The maximum Gasteiger partial charge on any atom is 0.267 e. The molecule has 0 fully saturated rings. The van der Waals surface area contributed by atoms with Gasteiger partial charge in [-0.3, -0.25) is 9.35 Å². The summed E-state index contributed by atoms with van der Waals surface area (Å²) < 4.78 is 31.9. The van der Waals surface area contributed by atoms with Crippen LogP contribution < -0.4 is 5.32 Å². The summed E-state index contributed by atoms with van der Waals surface area (Å²) in [5, 5.41) is 22.9. The lowest BCUT2D eigenvalue weighted by atomic mass is 10.1. The number of nitrogens with one attached hydrogen (secondary N) is 1. The first-order valence-corrected chi connectivity index (χ1v) is 14.9. The second kappa shape index (κ2) is 21.8. The largest absolute Gasteiger partial charge is 0.387 e. The second-order valence-corrected chi connectivity index (χ2v) is 10.6. The lowest BCUT2D eigenvalue weighted by molar-refractivity contribution is -0.130. The van der Waals surface area contributed by atoms with Crippen LogP contribution in [-0.4, -0.2) is 53.1 Å². The van der Waals surface area contributed by atoms with Crippen molar-refractivity contribution in [2.75, 3.05) is 5.75 Å². The number of carbonyl (C=O) groups is 1. The van der Waals surface area contributed by atoms with Gasteiger partial charge < -0.3 is 15.5 Å². The standard InChI is InChI=1S/C27H49NO6S/c1-3-5-7-9-11-13-14-16-18-20-22-26(30)27(31)28-24(23-35(32,33)34)25(29)21-19-17-15-12-10-8-6-4-2/h9-12,19,21,24-26,29-30H,3-8,13-18,20,22-23H2,1-2H3,(H,28,31)(H,32,33,34)/b11-9-,12-10+,21-19+. The average molecular weight is 516 g/mol. The highest BCUT2D eigenvalue weighted by atomic mass is 32.2. The molecule has 0 rings (SSSR count). The molecule has 4 N–H and O–H groups in total. The maximum atomic E-state index is 12.3. The molecule has 0 heterocycles. The molecular formula is C27H49NO6S. The Kier molecular flexibility index (Phi) is 20.9. The summed E-state index contributed by atoms with van der Waals surface area (Å²) in [5.74, 6) is -1.58. The molecular weight excluding hydrogens is 466 g/mol. The van der Waals surface area contributed by atoms with Crippen molar-refractivity contribution in [3.63, 3.8) is 0 Å². The Morgan fingerprint density at radius 3 is 1.86 bits per heavy atom. The molecule has 1 amide bonds. The predicted octanol–water partition coefficient (Wildman–Crippen LogP) is 5.25. The summed E-state index contributed by atoms with van der Waals surface area (Å²) in [4.78, 5) is 12.3. The van der Waals surface area contributed by atoms with Crippen LogP contribution in [0.15, 0.2) is 36.5 Å². The quantitative estimate of drug-likeness (QED) is 0.0887. The zero-order valence-electron chi connectivity index (χ0n) is 21.8. The van der Waals surface area contributed by atoms with Gasteiger partial charge in [0.2, 0.25) is 5.91 Å². The minimum Gasteiger partial charge on any atom is -0.387 e. The van der Waals surface area contributed by atoms with Gasteiger partial charge in [-0.2, -0.15) is 8.42 Å². The number of amides is 1. The Balaban J connectivity index is 4.43. The van der Waals surface area contributed by atoms with E-state index in [2.05, 4.69) is 43.5 Å². The van der Waals surface area contributed by atoms with Gasteiger partial charge in [0.05, 0.1) is 17.9 Å². The van der Waals surface area contributed by atoms with E-state index in [1.165, 1.54) is 18.9 Å². The summed E-state index contributed by atoms with van der Waals surface area (Å²) >= 11 is 0.